The zero-order valence-electron chi connectivity index (χ0n) is 9.97. The van der Waals surface area contributed by atoms with Gasteiger partial charge in [0, 0.05) is 0 Å². The molecule has 1 aromatic rings. The van der Waals surface area contributed by atoms with Crippen LogP contribution in [0.25, 0.3) is 0 Å². The fourth-order valence-corrected chi connectivity index (χ4v) is 2.96. The Balaban J connectivity index is 2.79. The molecule has 1 rings (SSSR count). The third-order valence-electron chi connectivity index (χ3n) is 2.28. The van der Waals surface area contributed by atoms with Crippen LogP contribution in [-0.4, -0.2) is 27.2 Å². The Bertz CT molecular complexity index is 474. The third-order valence-corrected chi connectivity index (χ3v) is 4.08. The molecular weight excluding hydrogens is 240 g/mol. The quantitative estimate of drug-likeness (QED) is 0.754. The van der Waals surface area contributed by atoms with Crippen molar-refractivity contribution in [3.05, 3.63) is 35.4 Å². The van der Waals surface area contributed by atoms with Crippen molar-refractivity contribution in [3.63, 3.8) is 0 Å². The van der Waals surface area contributed by atoms with Crippen LogP contribution in [0.2, 0.25) is 0 Å². The lowest BCUT2D eigenvalue weighted by Gasteiger charge is -2.04. The zero-order valence-corrected chi connectivity index (χ0v) is 10.8. The van der Waals surface area contributed by atoms with Gasteiger partial charge in [0.25, 0.3) is 0 Å². The second-order valence-corrected chi connectivity index (χ2v) is 5.96. The molecule has 4 nitrogen and oxygen atoms in total. The molecule has 0 fully saturated rings. The number of methoxy groups -OCH3 is 1. The molecule has 0 amide bonds. The number of benzene rings is 1. The van der Waals surface area contributed by atoms with Gasteiger partial charge in [-0.25, -0.2) is 13.2 Å². The lowest BCUT2D eigenvalue weighted by molar-refractivity contribution is 0.0600. The summed E-state index contributed by atoms with van der Waals surface area (Å²) in [5.41, 5.74) is 1.11. The summed E-state index contributed by atoms with van der Waals surface area (Å²) in [5.74, 6) is -0.221. The second kappa shape index (κ2) is 5.82. The minimum absolute atomic E-state index is 0.0162. The van der Waals surface area contributed by atoms with E-state index in [1.165, 1.54) is 7.11 Å². The Morgan fingerprint density at radius 3 is 2.29 bits per heavy atom. The number of sulfone groups is 1. The fourth-order valence-electron chi connectivity index (χ4n) is 1.49. The third kappa shape index (κ3) is 4.19. The maximum atomic E-state index is 11.6. The summed E-state index contributed by atoms with van der Waals surface area (Å²) in [6.45, 7) is 1.83. The number of carbonyl (C=O) groups excluding carboxylic acids is 1. The number of esters is 1. The first-order valence-corrected chi connectivity index (χ1v) is 7.18. The summed E-state index contributed by atoms with van der Waals surface area (Å²) >= 11 is 0. The molecule has 0 N–H and O–H groups in total. The van der Waals surface area contributed by atoms with Crippen LogP contribution < -0.4 is 0 Å². The maximum Gasteiger partial charge on any atom is 0.337 e. The van der Waals surface area contributed by atoms with Crippen LogP contribution in [0.5, 0.6) is 0 Å². The molecule has 94 valence electrons. The average molecular weight is 256 g/mol. The minimum Gasteiger partial charge on any atom is -0.465 e. The molecule has 17 heavy (non-hydrogen) atoms. The lowest BCUT2D eigenvalue weighted by atomic mass is 10.1. The van der Waals surface area contributed by atoms with E-state index in [0.29, 0.717) is 17.5 Å². The van der Waals surface area contributed by atoms with Gasteiger partial charge in [0.15, 0.2) is 9.84 Å². The first kappa shape index (κ1) is 13.7. The maximum absolute atomic E-state index is 11.6. The van der Waals surface area contributed by atoms with Crippen molar-refractivity contribution in [2.45, 2.75) is 19.1 Å². The first-order valence-electron chi connectivity index (χ1n) is 5.36. The normalized spacial score (nSPS) is 11.2. The predicted octanol–water partition coefficient (Wildman–Crippen LogP) is 1.80. The van der Waals surface area contributed by atoms with Crippen LogP contribution in [0.4, 0.5) is 0 Å². The van der Waals surface area contributed by atoms with E-state index in [2.05, 4.69) is 4.74 Å². The molecule has 0 unspecified atom stereocenters. The van der Waals surface area contributed by atoms with Crippen molar-refractivity contribution in [1.82, 2.24) is 0 Å². The van der Waals surface area contributed by atoms with Crippen LogP contribution in [0.3, 0.4) is 0 Å². The molecule has 0 spiro atoms. The highest BCUT2D eigenvalue weighted by Gasteiger charge is 2.11. The van der Waals surface area contributed by atoms with Crippen molar-refractivity contribution in [2.75, 3.05) is 12.9 Å². The Hall–Kier alpha value is -1.36. The molecular formula is C12H16O4S. The predicted molar refractivity (Wildman–Crippen MR) is 65.6 cm³/mol. The van der Waals surface area contributed by atoms with Gasteiger partial charge in [-0.05, 0) is 24.1 Å². The van der Waals surface area contributed by atoms with E-state index in [0.717, 1.165) is 0 Å². The Morgan fingerprint density at radius 1 is 1.24 bits per heavy atom. The topological polar surface area (TPSA) is 60.4 Å². The van der Waals surface area contributed by atoms with Gasteiger partial charge in [-0.2, -0.15) is 0 Å². The molecule has 0 bridgehead atoms. The molecule has 0 atom stereocenters. The Kier molecular flexibility index (Phi) is 4.69. The van der Waals surface area contributed by atoms with Gasteiger partial charge in [-0.15, -0.1) is 0 Å². The highest BCUT2D eigenvalue weighted by Crippen LogP contribution is 2.10. The van der Waals surface area contributed by atoms with E-state index < -0.39 is 15.8 Å². The van der Waals surface area contributed by atoms with Gasteiger partial charge in [-0.3, -0.25) is 0 Å². The minimum atomic E-state index is -3.04. The van der Waals surface area contributed by atoms with E-state index in [-0.39, 0.29) is 11.5 Å². The van der Waals surface area contributed by atoms with E-state index in [4.69, 9.17) is 0 Å². The highest BCUT2D eigenvalue weighted by molar-refractivity contribution is 7.90. The summed E-state index contributed by atoms with van der Waals surface area (Å²) < 4.78 is 27.7. The second-order valence-electron chi connectivity index (χ2n) is 3.78. The van der Waals surface area contributed by atoms with Gasteiger partial charge in [0.2, 0.25) is 0 Å². The smallest absolute Gasteiger partial charge is 0.337 e. The van der Waals surface area contributed by atoms with Crippen LogP contribution in [0.15, 0.2) is 24.3 Å². The van der Waals surface area contributed by atoms with Gasteiger partial charge >= 0.3 is 5.97 Å². The van der Waals surface area contributed by atoms with Crippen molar-refractivity contribution < 1.29 is 17.9 Å². The molecule has 0 aromatic heterocycles. The summed E-state index contributed by atoms with van der Waals surface area (Å²) in [6, 6.07) is 6.42. The highest BCUT2D eigenvalue weighted by atomic mass is 32.2. The SMILES string of the molecule is CCCS(=O)(=O)Cc1ccc(C(=O)OC)cc1. The first-order chi connectivity index (χ1) is 7.98. The van der Waals surface area contributed by atoms with Crippen LogP contribution in [0.1, 0.15) is 29.3 Å². The molecule has 0 aliphatic heterocycles. The summed E-state index contributed by atoms with van der Waals surface area (Å²) in [4.78, 5) is 11.2. The molecule has 0 saturated carbocycles. The molecule has 0 radical (unpaired) electrons. The van der Waals surface area contributed by atoms with Crippen molar-refractivity contribution >= 4 is 15.8 Å². The van der Waals surface area contributed by atoms with Crippen molar-refractivity contribution in [1.29, 1.82) is 0 Å². The van der Waals surface area contributed by atoms with Crippen LogP contribution >= 0.6 is 0 Å². The summed E-state index contributed by atoms with van der Waals surface area (Å²) in [5, 5.41) is 0. The van der Waals surface area contributed by atoms with Gasteiger partial charge in [0.1, 0.15) is 0 Å². The van der Waals surface area contributed by atoms with Crippen LogP contribution in [0, 0.1) is 0 Å². The molecule has 0 aliphatic rings. The van der Waals surface area contributed by atoms with E-state index in [1.807, 2.05) is 6.92 Å². The van der Waals surface area contributed by atoms with Gasteiger partial charge in [0.05, 0.1) is 24.2 Å². The van der Waals surface area contributed by atoms with Crippen molar-refractivity contribution in [3.8, 4) is 0 Å². The Morgan fingerprint density at radius 2 is 1.82 bits per heavy atom. The summed E-state index contributed by atoms with van der Waals surface area (Å²) in [7, 11) is -1.73. The standard InChI is InChI=1S/C12H16O4S/c1-3-8-17(14,15)9-10-4-6-11(7-5-10)12(13)16-2/h4-7H,3,8-9H2,1-2H3. The molecule has 0 aliphatic carbocycles. The summed E-state index contributed by atoms with van der Waals surface area (Å²) in [6.07, 6.45) is 0.614. The number of hydrogen-bond acceptors (Lipinski definition) is 4. The van der Waals surface area contributed by atoms with Crippen molar-refractivity contribution in [2.24, 2.45) is 0 Å². The number of carbonyl (C=O) groups is 1. The molecule has 0 heterocycles. The molecule has 1 aromatic carbocycles. The largest absolute Gasteiger partial charge is 0.465 e. The van der Waals surface area contributed by atoms with Gasteiger partial charge in [-0.1, -0.05) is 19.1 Å². The Labute approximate surface area is 102 Å². The van der Waals surface area contributed by atoms with Gasteiger partial charge < -0.3 is 4.74 Å². The van der Waals surface area contributed by atoms with E-state index >= 15 is 0 Å². The number of hydrogen-bond donors (Lipinski definition) is 0. The van der Waals surface area contributed by atoms with Crippen LogP contribution in [-0.2, 0) is 20.3 Å². The monoisotopic (exact) mass is 256 g/mol. The number of ether oxygens (including phenoxy) is 1. The van der Waals surface area contributed by atoms with E-state index in [1.54, 1.807) is 24.3 Å². The zero-order chi connectivity index (χ0) is 12.9. The van der Waals surface area contributed by atoms with E-state index in [9.17, 15) is 13.2 Å². The average Bonchev–Trinajstić information content (AvgIpc) is 2.28. The number of rotatable bonds is 5. The lowest BCUT2D eigenvalue weighted by Crippen LogP contribution is -2.09. The molecule has 5 heteroatoms. The molecule has 0 saturated heterocycles. The fraction of sp³-hybridized carbons (Fsp3) is 0.417.